The zero-order valence-corrected chi connectivity index (χ0v) is 7.29. The first-order valence-corrected chi connectivity index (χ1v) is 3.97. The largest absolute Gasteiger partial charge is 0.325 e. The first-order chi connectivity index (χ1) is 4.18. The van der Waals surface area contributed by atoms with Crippen LogP contribution in [0.1, 0.15) is 32.6 Å². The molecule has 0 heterocycles. The van der Waals surface area contributed by atoms with Crippen molar-refractivity contribution in [2.24, 2.45) is 17.6 Å². The highest BCUT2D eigenvalue weighted by Crippen LogP contribution is 2.49. The van der Waals surface area contributed by atoms with Crippen LogP contribution in [0.3, 0.4) is 0 Å². The van der Waals surface area contributed by atoms with Crippen molar-refractivity contribution in [3.63, 3.8) is 0 Å². The summed E-state index contributed by atoms with van der Waals surface area (Å²) < 4.78 is 0. The van der Waals surface area contributed by atoms with Gasteiger partial charge in [0.2, 0.25) is 0 Å². The van der Waals surface area contributed by atoms with E-state index in [1.165, 1.54) is 25.7 Å². The Bertz CT molecular complexity index is 133. The van der Waals surface area contributed by atoms with Crippen molar-refractivity contribution in [1.29, 1.82) is 0 Å². The number of hydrogen-bond acceptors (Lipinski definition) is 1. The lowest BCUT2D eigenvalue weighted by atomic mass is 9.84. The van der Waals surface area contributed by atoms with Crippen LogP contribution in [0.4, 0.5) is 0 Å². The van der Waals surface area contributed by atoms with Crippen molar-refractivity contribution in [3.8, 4) is 0 Å². The minimum atomic E-state index is 0. The predicted molar refractivity (Wildman–Crippen MR) is 45.3 cm³/mol. The molecule has 2 N–H and O–H groups in total. The maximum absolute atomic E-state index is 6.06. The Labute approximate surface area is 68.8 Å². The highest BCUT2D eigenvalue weighted by Gasteiger charge is 2.45. The third-order valence-corrected chi connectivity index (χ3v) is 3.20. The monoisotopic (exact) mass is 161 g/mol. The topological polar surface area (TPSA) is 26.0 Å². The van der Waals surface area contributed by atoms with Crippen LogP contribution in [0.2, 0.25) is 0 Å². The van der Waals surface area contributed by atoms with Crippen LogP contribution in [0.15, 0.2) is 0 Å². The maximum Gasteiger partial charge on any atom is 0.0157 e. The molecule has 0 spiro atoms. The maximum atomic E-state index is 6.06. The number of fused-ring (bicyclic) bond motifs is 2. The van der Waals surface area contributed by atoms with E-state index in [0.717, 1.165) is 11.8 Å². The molecule has 0 saturated heterocycles. The summed E-state index contributed by atoms with van der Waals surface area (Å²) in [6, 6.07) is 0. The first kappa shape index (κ1) is 8.35. The van der Waals surface area contributed by atoms with Crippen molar-refractivity contribution in [2.45, 2.75) is 38.1 Å². The van der Waals surface area contributed by atoms with Crippen molar-refractivity contribution in [3.05, 3.63) is 0 Å². The molecule has 0 radical (unpaired) electrons. The molecule has 60 valence electrons. The third kappa shape index (κ3) is 1.06. The fraction of sp³-hybridized carbons (Fsp3) is 1.00. The second-order valence-electron chi connectivity index (χ2n) is 4.09. The molecule has 0 aliphatic heterocycles. The van der Waals surface area contributed by atoms with Gasteiger partial charge in [0.1, 0.15) is 0 Å². The number of rotatable bonds is 0. The minimum absolute atomic E-state index is 0. The van der Waals surface area contributed by atoms with Gasteiger partial charge in [-0.15, -0.1) is 12.4 Å². The third-order valence-electron chi connectivity index (χ3n) is 3.20. The van der Waals surface area contributed by atoms with E-state index < -0.39 is 0 Å². The fourth-order valence-corrected chi connectivity index (χ4v) is 2.65. The molecule has 0 unspecified atom stereocenters. The number of halogens is 1. The van der Waals surface area contributed by atoms with Crippen LogP contribution in [0.5, 0.6) is 0 Å². The minimum Gasteiger partial charge on any atom is -0.325 e. The summed E-state index contributed by atoms with van der Waals surface area (Å²) in [4.78, 5) is 0. The lowest BCUT2D eigenvalue weighted by Crippen LogP contribution is -2.41. The summed E-state index contributed by atoms with van der Waals surface area (Å²) in [5.41, 5.74) is 6.27. The molecule has 2 aliphatic rings. The van der Waals surface area contributed by atoms with Gasteiger partial charge in [-0.25, -0.2) is 0 Å². The molecule has 2 bridgehead atoms. The SMILES string of the molecule is C[C@]1(N)C[C@@H]2CC[C@H]1C2.Cl. The molecule has 0 aromatic heterocycles. The zero-order valence-electron chi connectivity index (χ0n) is 6.47. The smallest absolute Gasteiger partial charge is 0.0157 e. The van der Waals surface area contributed by atoms with Crippen LogP contribution < -0.4 is 5.73 Å². The molecule has 1 nitrogen and oxygen atoms in total. The molecular formula is C8H16ClN. The standard InChI is InChI=1S/C8H15N.ClH/c1-8(9)5-6-2-3-7(8)4-6;/h6-7H,2-5,9H2,1H3;1H/t6-,7+,8+;/m1./s1. The Morgan fingerprint density at radius 2 is 2.10 bits per heavy atom. The Hall–Kier alpha value is 0.250. The molecule has 2 heteroatoms. The van der Waals surface area contributed by atoms with Gasteiger partial charge in [-0.05, 0) is 38.0 Å². The second kappa shape index (κ2) is 2.38. The Morgan fingerprint density at radius 3 is 2.30 bits per heavy atom. The molecule has 0 aromatic carbocycles. The van der Waals surface area contributed by atoms with Gasteiger partial charge in [-0.3, -0.25) is 0 Å². The molecular weight excluding hydrogens is 146 g/mol. The molecule has 10 heavy (non-hydrogen) atoms. The quantitative estimate of drug-likeness (QED) is 0.578. The normalized spacial score (nSPS) is 51.0. The van der Waals surface area contributed by atoms with E-state index in [-0.39, 0.29) is 17.9 Å². The van der Waals surface area contributed by atoms with Gasteiger partial charge in [-0.2, -0.15) is 0 Å². The number of hydrogen-bond donors (Lipinski definition) is 1. The summed E-state index contributed by atoms with van der Waals surface area (Å²) in [5, 5.41) is 0. The highest BCUT2D eigenvalue weighted by atomic mass is 35.5. The van der Waals surface area contributed by atoms with E-state index in [1.54, 1.807) is 0 Å². The number of nitrogens with two attached hydrogens (primary N) is 1. The van der Waals surface area contributed by atoms with Crippen molar-refractivity contribution in [2.75, 3.05) is 0 Å². The first-order valence-electron chi connectivity index (χ1n) is 3.97. The molecule has 2 aliphatic carbocycles. The summed E-state index contributed by atoms with van der Waals surface area (Å²) in [6.07, 6.45) is 5.57. The zero-order chi connectivity index (χ0) is 6.48. The van der Waals surface area contributed by atoms with Gasteiger partial charge >= 0.3 is 0 Å². The second-order valence-corrected chi connectivity index (χ2v) is 4.09. The van der Waals surface area contributed by atoms with Crippen LogP contribution in [-0.2, 0) is 0 Å². The van der Waals surface area contributed by atoms with E-state index in [2.05, 4.69) is 6.92 Å². The van der Waals surface area contributed by atoms with Crippen molar-refractivity contribution < 1.29 is 0 Å². The van der Waals surface area contributed by atoms with E-state index in [4.69, 9.17) is 5.73 Å². The predicted octanol–water partition coefficient (Wildman–Crippen LogP) is 1.95. The molecule has 2 saturated carbocycles. The summed E-state index contributed by atoms with van der Waals surface area (Å²) in [5.74, 6) is 1.85. The van der Waals surface area contributed by atoms with E-state index in [0.29, 0.717) is 0 Å². The van der Waals surface area contributed by atoms with Gasteiger partial charge in [0.05, 0.1) is 0 Å². The molecule has 2 rings (SSSR count). The van der Waals surface area contributed by atoms with Gasteiger partial charge < -0.3 is 5.73 Å². The van der Waals surface area contributed by atoms with Crippen molar-refractivity contribution in [1.82, 2.24) is 0 Å². The van der Waals surface area contributed by atoms with Gasteiger partial charge in [0, 0.05) is 5.54 Å². The fourth-order valence-electron chi connectivity index (χ4n) is 2.65. The molecule has 3 atom stereocenters. The van der Waals surface area contributed by atoms with Gasteiger partial charge in [0.15, 0.2) is 0 Å². The average molecular weight is 162 g/mol. The van der Waals surface area contributed by atoms with Gasteiger partial charge in [-0.1, -0.05) is 6.42 Å². The Morgan fingerprint density at radius 1 is 1.40 bits per heavy atom. The Balaban J connectivity index is 0.000000500. The molecule has 2 fully saturated rings. The summed E-state index contributed by atoms with van der Waals surface area (Å²) >= 11 is 0. The lowest BCUT2D eigenvalue weighted by molar-refractivity contribution is 0.297. The summed E-state index contributed by atoms with van der Waals surface area (Å²) in [6.45, 7) is 2.22. The highest BCUT2D eigenvalue weighted by molar-refractivity contribution is 5.85. The van der Waals surface area contributed by atoms with Crippen LogP contribution in [-0.4, -0.2) is 5.54 Å². The average Bonchev–Trinajstić information content (AvgIpc) is 2.19. The van der Waals surface area contributed by atoms with E-state index in [9.17, 15) is 0 Å². The van der Waals surface area contributed by atoms with Crippen LogP contribution >= 0.6 is 12.4 Å². The van der Waals surface area contributed by atoms with E-state index >= 15 is 0 Å². The summed E-state index contributed by atoms with van der Waals surface area (Å²) in [7, 11) is 0. The van der Waals surface area contributed by atoms with Crippen LogP contribution in [0.25, 0.3) is 0 Å². The van der Waals surface area contributed by atoms with Crippen LogP contribution in [0, 0.1) is 11.8 Å². The van der Waals surface area contributed by atoms with E-state index in [1.807, 2.05) is 0 Å². The molecule has 0 aromatic rings. The van der Waals surface area contributed by atoms with Gasteiger partial charge in [0.25, 0.3) is 0 Å². The lowest BCUT2D eigenvalue weighted by Gasteiger charge is -2.29. The Kier molecular flexibility index (Phi) is 1.99. The molecule has 0 amide bonds. The van der Waals surface area contributed by atoms with Crippen molar-refractivity contribution >= 4 is 12.4 Å².